The molecule has 2 amide bonds. The molecule has 7 nitrogen and oxygen atoms in total. The van der Waals surface area contributed by atoms with Crippen LogP contribution in [-0.2, 0) is 19.1 Å². The molecule has 1 aliphatic rings. The van der Waals surface area contributed by atoms with Crippen molar-refractivity contribution in [2.45, 2.75) is 12.8 Å². The van der Waals surface area contributed by atoms with Crippen molar-refractivity contribution in [1.29, 1.82) is 0 Å². The Kier molecular flexibility index (Phi) is 6.28. The Hall–Kier alpha value is -2.90. The predicted octanol–water partition coefficient (Wildman–Crippen LogP) is 3.66. The van der Waals surface area contributed by atoms with E-state index in [-0.39, 0.29) is 29.5 Å². The Morgan fingerprint density at radius 2 is 1.82 bits per heavy atom. The number of nitrogens with one attached hydrogen (secondary N) is 1. The Balaban J connectivity index is 1.62. The lowest BCUT2D eigenvalue weighted by Crippen LogP contribution is -2.35. The van der Waals surface area contributed by atoms with E-state index in [1.54, 1.807) is 42.5 Å². The number of amides is 2. The van der Waals surface area contributed by atoms with Crippen LogP contribution in [0.25, 0.3) is 0 Å². The number of hydrazone groups is 1. The van der Waals surface area contributed by atoms with Gasteiger partial charge in [-0.2, -0.15) is 5.10 Å². The lowest BCUT2D eigenvalue weighted by Gasteiger charge is -2.22. The van der Waals surface area contributed by atoms with Gasteiger partial charge in [0.1, 0.15) is 5.71 Å². The van der Waals surface area contributed by atoms with Crippen LogP contribution in [-0.4, -0.2) is 30.1 Å². The Morgan fingerprint density at radius 3 is 2.57 bits per heavy atom. The molecule has 0 radical (unpaired) electrons. The van der Waals surface area contributed by atoms with E-state index in [2.05, 4.69) is 10.4 Å². The van der Waals surface area contributed by atoms with E-state index >= 15 is 0 Å². The van der Waals surface area contributed by atoms with Crippen molar-refractivity contribution >= 4 is 58.1 Å². The van der Waals surface area contributed by atoms with E-state index in [1.807, 2.05) is 6.07 Å². The van der Waals surface area contributed by atoms with Crippen LogP contribution in [0.3, 0.4) is 0 Å². The van der Waals surface area contributed by atoms with Crippen molar-refractivity contribution in [3.63, 3.8) is 0 Å². The van der Waals surface area contributed by atoms with E-state index in [4.69, 9.17) is 27.9 Å². The third-order valence-electron chi connectivity index (χ3n) is 3.83. The maximum atomic E-state index is 12.2. The van der Waals surface area contributed by atoms with Gasteiger partial charge in [-0.15, -0.1) is 0 Å². The Labute approximate surface area is 170 Å². The first-order valence-corrected chi connectivity index (χ1v) is 9.08. The zero-order valence-electron chi connectivity index (χ0n) is 14.5. The fourth-order valence-electron chi connectivity index (χ4n) is 2.47. The molecule has 3 rings (SSSR count). The minimum atomic E-state index is -0.763. The third kappa shape index (κ3) is 4.68. The fourth-order valence-corrected chi connectivity index (χ4v) is 2.82. The summed E-state index contributed by atoms with van der Waals surface area (Å²) >= 11 is 11.9. The maximum absolute atomic E-state index is 12.2. The molecule has 0 spiro atoms. The first-order chi connectivity index (χ1) is 13.5. The van der Waals surface area contributed by atoms with Gasteiger partial charge in [-0.3, -0.25) is 9.59 Å². The second kappa shape index (κ2) is 8.86. The summed E-state index contributed by atoms with van der Waals surface area (Å²) in [4.78, 5) is 36.3. The van der Waals surface area contributed by atoms with E-state index in [1.165, 1.54) is 0 Å². The molecule has 0 unspecified atom stereocenters. The summed E-state index contributed by atoms with van der Waals surface area (Å²) in [5, 5.41) is 8.23. The highest BCUT2D eigenvalue weighted by Crippen LogP contribution is 2.29. The molecule has 2 aromatic carbocycles. The SMILES string of the molecule is O=C(COC(=O)C1=NN(c2ccccc2)C(=O)CC1)Nc1cccc(Cl)c1Cl. The van der Waals surface area contributed by atoms with Crippen molar-refractivity contribution < 1.29 is 19.1 Å². The molecule has 0 aliphatic carbocycles. The fraction of sp³-hybridized carbons (Fsp3) is 0.158. The normalized spacial score (nSPS) is 13.7. The monoisotopic (exact) mass is 419 g/mol. The number of nitrogens with zero attached hydrogens (tertiary/aromatic N) is 2. The zero-order valence-corrected chi connectivity index (χ0v) is 16.0. The Bertz CT molecular complexity index is 947. The Morgan fingerprint density at radius 1 is 1.07 bits per heavy atom. The smallest absolute Gasteiger partial charge is 0.355 e. The highest BCUT2D eigenvalue weighted by atomic mass is 35.5. The lowest BCUT2D eigenvalue weighted by molar-refractivity contribution is -0.140. The maximum Gasteiger partial charge on any atom is 0.355 e. The quantitative estimate of drug-likeness (QED) is 0.748. The van der Waals surface area contributed by atoms with Crippen molar-refractivity contribution in [2.75, 3.05) is 16.9 Å². The highest BCUT2D eigenvalue weighted by molar-refractivity contribution is 6.44. The van der Waals surface area contributed by atoms with Crippen LogP contribution in [0.4, 0.5) is 11.4 Å². The summed E-state index contributed by atoms with van der Waals surface area (Å²) in [6, 6.07) is 13.5. The van der Waals surface area contributed by atoms with Crippen LogP contribution in [0, 0.1) is 0 Å². The standard InChI is InChI=1S/C19H15Cl2N3O4/c20-13-7-4-8-14(18(13)21)22-16(25)11-28-19(27)15-9-10-17(26)24(23-15)12-5-2-1-3-6-12/h1-8H,9-11H2,(H,22,25). The summed E-state index contributed by atoms with van der Waals surface area (Å²) in [6.45, 7) is -0.528. The average molecular weight is 420 g/mol. The number of carbonyl (C=O) groups is 3. The molecule has 0 saturated carbocycles. The van der Waals surface area contributed by atoms with Crippen LogP contribution < -0.4 is 10.3 Å². The molecule has 1 N–H and O–H groups in total. The van der Waals surface area contributed by atoms with Gasteiger partial charge in [-0.1, -0.05) is 47.5 Å². The van der Waals surface area contributed by atoms with Gasteiger partial charge in [0.05, 0.1) is 21.4 Å². The van der Waals surface area contributed by atoms with Gasteiger partial charge >= 0.3 is 5.97 Å². The summed E-state index contributed by atoms with van der Waals surface area (Å²) in [5.74, 6) is -1.57. The molecular formula is C19H15Cl2N3O4. The first kappa shape index (κ1) is 19.9. The average Bonchev–Trinajstić information content (AvgIpc) is 2.70. The third-order valence-corrected chi connectivity index (χ3v) is 4.65. The van der Waals surface area contributed by atoms with Crippen LogP contribution >= 0.6 is 23.2 Å². The molecule has 9 heteroatoms. The van der Waals surface area contributed by atoms with E-state index in [0.29, 0.717) is 16.4 Å². The van der Waals surface area contributed by atoms with E-state index < -0.39 is 18.5 Å². The number of anilines is 2. The summed E-state index contributed by atoms with van der Waals surface area (Å²) in [6.07, 6.45) is 0.260. The van der Waals surface area contributed by atoms with Crippen molar-refractivity contribution in [2.24, 2.45) is 5.10 Å². The van der Waals surface area contributed by atoms with Gasteiger partial charge in [0.25, 0.3) is 5.91 Å². The van der Waals surface area contributed by atoms with Crippen molar-refractivity contribution in [3.8, 4) is 0 Å². The summed E-state index contributed by atoms with van der Waals surface area (Å²) in [7, 11) is 0. The predicted molar refractivity (Wildman–Crippen MR) is 107 cm³/mol. The zero-order chi connectivity index (χ0) is 20.1. The van der Waals surface area contributed by atoms with Crippen LogP contribution in [0.15, 0.2) is 53.6 Å². The molecule has 1 aliphatic heterocycles. The molecule has 0 aromatic heterocycles. The number of ether oxygens (including phenoxy) is 1. The summed E-state index contributed by atoms with van der Waals surface area (Å²) in [5.41, 5.74) is 0.925. The van der Waals surface area contributed by atoms with Crippen molar-refractivity contribution in [3.05, 3.63) is 58.6 Å². The topological polar surface area (TPSA) is 88.1 Å². The molecule has 0 saturated heterocycles. The molecule has 0 fully saturated rings. The minimum absolute atomic E-state index is 0.0667. The van der Waals surface area contributed by atoms with Gasteiger partial charge in [-0.05, 0) is 24.3 Å². The van der Waals surface area contributed by atoms with Gasteiger partial charge in [-0.25, -0.2) is 9.80 Å². The van der Waals surface area contributed by atoms with Gasteiger partial charge < -0.3 is 10.1 Å². The summed E-state index contributed by atoms with van der Waals surface area (Å²) < 4.78 is 5.01. The highest BCUT2D eigenvalue weighted by Gasteiger charge is 2.26. The van der Waals surface area contributed by atoms with Gasteiger partial charge in [0.15, 0.2) is 6.61 Å². The lowest BCUT2D eigenvalue weighted by atomic mass is 10.1. The number of hydrogen-bond acceptors (Lipinski definition) is 5. The molecule has 28 heavy (non-hydrogen) atoms. The van der Waals surface area contributed by atoms with E-state index in [9.17, 15) is 14.4 Å². The van der Waals surface area contributed by atoms with Crippen molar-refractivity contribution in [1.82, 2.24) is 0 Å². The number of hydrogen-bond donors (Lipinski definition) is 1. The molecule has 0 bridgehead atoms. The number of esters is 1. The van der Waals surface area contributed by atoms with Gasteiger partial charge in [0.2, 0.25) is 5.91 Å². The number of benzene rings is 2. The molecule has 0 atom stereocenters. The molecule has 1 heterocycles. The molecular weight excluding hydrogens is 405 g/mol. The first-order valence-electron chi connectivity index (χ1n) is 8.32. The number of halogens is 2. The number of para-hydroxylation sites is 1. The largest absolute Gasteiger partial charge is 0.451 e. The second-order valence-corrected chi connectivity index (χ2v) is 6.60. The van der Waals surface area contributed by atoms with Crippen LogP contribution in [0.5, 0.6) is 0 Å². The second-order valence-electron chi connectivity index (χ2n) is 5.81. The van der Waals surface area contributed by atoms with Crippen LogP contribution in [0.1, 0.15) is 12.8 Å². The molecule has 144 valence electrons. The molecule has 2 aromatic rings. The number of carbonyl (C=O) groups excluding carboxylic acids is 3. The minimum Gasteiger partial charge on any atom is -0.451 e. The van der Waals surface area contributed by atoms with Crippen LogP contribution in [0.2, 0.25) is 10.0 Å². The number of rotatable bonds is 5. The van der Waals surface area contributed by atoms with Gasteiger partial charge in [0, 0.05) is 12.8 Å². The van der Waals surface area contributed by atoms with E-state index in [0.717, 1.165) is 5.01 Å².